The molecule has 0 aromatic heterocycles. The van der Waals surface area contributed by atoms with E-state index in [1.807, 2.05) is 0 Å². The molecule has 0 aromatic carbocycles. The molecule has 0 atom stereocenters. The zero-order chi connectivity index (χ0) is 23.0. The fourth-order valence-corrected chi connectivity index (χ4v) is 3.79. The Morgan fingerprint density at radius 2 is 1.03 bits per heavy atom. The minimum Gasteiger partial charge on any atom is -0.369 e. The van der Waals surface area contributed by atoms with E-state index < -0.39 is 0 Å². The first-order valence-corrected chi connectivity index (χ1v) is 13.2. The van der Waals surface area contributed by atoms with Crippen molar-refractivity contribution in [1.82, 2.24) is 10.4 Å². The van der Waals surface area contributed by atoms with E-state index in [-0.39, 0.29) is 11.9 Å². The Balaban J connectivity index is 3.22. The second-order valence-electron chi connectivity index (χ2n) is 9.14. The second-order valence-corrected chi connectivity index (χ2v) is 9.14. The lowest BCUT2D eigenvalue weighted by atomic mass is 10.0. The summed E-state index contributed by atoms with van der Waals surface area (Å²) in [5, 5.41) is 4.41. The summed E-state index contributed by atoms with van der Waals surface area (Å²) in [6.45, 7) is 2.98. The van der Waals surface area contributed by atoms with Crippen molar-refractivity contribution >= 4 is 11.9 Å². The van der Waals surface area contributed by atoms with Crippen LogP contribution in [0.2, 0.25) is 0 Å². The monoisotopic (exact) mass is 440 g/mol. The van der Waals surface area contributed by atoms with Gasteiger partial charge >= 0.3 is 5.97 Å². The fourth-order valence-electron chi connectivity index (χ4n) is 3.79. The van der Waals surface area contributed by atoms with Crippen LogP contribution >= 0.6 is 0 Å². The highest BCUT2D eigenvalue weighted by Crippen LogP contribution is 2.13. The predicted molar refractivity (Wildman–Crippen MR) is 131 cm³/mol. The maximum atomic E-state index is 11.8. The zero-order valence-corrected chi connectivity index (χ0v) is 21.0. The van der Waals surface area contributed by atoms with E-state index in [0.717, 1.165) is 25.7 Å². The summed E-state index contributed by atoms with van der Waals surface area (Å²) in [7, 11) is 3.40. The van der Waals surface area contributed by atoms with Gasteiger partial charge in [0.2, 0.25) is 5.91 Å². The summed E-state index contributed by atoms with van der Waals surface area (Å²) >= 11 is 0. The fraction of sp³-hybridized carbons (Fsp3) is 0.923. The predicted octanol–water partition coefficient (Wildman–Crippen LogP) is 6.94. The smallest absolute Gasteiger partial charge is 0.325 e. The van der Waals surface area contributed by atoms with Crippen LogP contribution < -0.4 is 5.32 Å². The number of nitrogens with zero attached hydrogens (tertiary/aromatic N) is 1. The number of unbranched alkanes of at least 4 members (excludes halogenated alkanes) is 16. The van der Waals surface area contributed by atoms with Crippen molar-refractivity contribution in [1.29, 1.82) is 0 Å². The molecule has 0 rings (SSSR count). The molecule has 0 saturated carbocycles. The number of amides is 1. The van der Waals surface area contributed by atoms with Gasteiger partial charge in [0.1, 0.15) is 0 Å². The van der Waals surface area contributed by atoms with Gasteiger partial charge in [-0.2, -0.15) is 0 Å². The summed E-state index contributed by atoms with van der Waals surface area (Å²) in [6, 6.07) is 0. The van der Waals surface area contributed by atoms with E-state index in [9.17, 15) is 9.59 Å². The Labute approximate surface area is 193 Å². The van der Waals surface area contributed by atoms with Crippen LogP contribution in [0.25, 0.3) is 0 Å². The van der Waals surface area contributed by atoms with Crippen molar-refractivity contribution in [3.63, 3.8) is 0 Å². The van der Waals surface area contributed by atoms with Crippen LogP contribution in [-0.2, 0) is 14.4 Å². The first kappa shape index (κ1) is 29.9. The van der Waals surface area contributed by atoms with Gasteiger partial charge in [0.15, 0.2) is 0 Å². The zero-order valence-electron chi connectivity index (χ0n) is 21.0. The Morgan fingerprint density at radius 3 is 1.52 bits per heavy atom. The quantitative estimate of drug-likeness (QED) is 0.138. The largest absolute Gasteiger partial charge is 0.369 e. The molecule has 0 unspecified atom stereocenters. The maximum absolute atomic E-state index is 11.8. The average Bonchev–Trinajstić information content (AvgIpc) is 2.72. The van der Waals surface area contributed by atoms with Crippen LogP contribution in [0.5, 0.6) is 0 Å². The lowest BCUT2D eigenvalue weighted by Crippen LogP contribution is -2.24. The molecular weight excluding hydrogens is 388 g/mol. The Hall–Kier alpha value is -1.10. The normalized spacial score (nSPS) is 11.1. The third-order valence-corrected chi connectivity index (χ3v) is 5.67. The van der Waals surface area contributed by atoms with Crippen molar-refractivity contribution in [2.45, 2.75) is 135 Å². The molecule has 0 bridgehead atoms. The van der Waals surface area contributed by atoms with Gasteiger partial charge in [-0.05, 0) is 19.3 Å². The van der Waals surface area contributed by atoms with Crippen molar-refractivity contribution < 1.29 is 14.4 Å². The Morgan fingerprint density at radius 1 is 0.613 bits per heavy atom. The van der Waals surface area contributed by atoms with Crippen LogP contribution in [0.1, 0.15) is 135 Å². The molecule has 31 heavy (non-hydrogen) atoms. The highest BCUT2D eigenvalue weighted by atomic mass is 16.7. The molecule has 0 aromatic rings. The maximum Gasteiger partial charge on any atom is 0.325 e. The number of hydroxylamine groups is 2. The van der Waals surface area contributed by atoms with Gasteiger partial charge in [-0.15, -0.1) is 5.06 Å². The number of rotatable bonds is 23. The molecule has 0 saturated heterocycles. The standard InChI is InChI=1S/C26H52N2O3/c1-4-5-6-7-8-9-10-11-12-13-14-15-16-17-19-22-25(29)27-24-21-18-20-23-26(30)31-28(2)3/h4-24H2,1-3H3,(H,27,29). The van der Waals surface area contributed by atoms with Gasteiger partial charge in [-0.25, -0.2) is 0 Å². The van der Waals surface area contributed by atoms with E-state index in [1.54, 1.807) is 14.1 Å². The third kappa shape index (κ3) is 25.0. The molecule has 5 nitrogen and oxygen atoms in total. The minimum absolute atomic E-state index is 0.168. The van der Waals surface area contributed by atoms with Gasteiger partial charge in [0, 0.05) is 33.5 Å². The molecule has 1 N–H and O–H groups in total. The number of carbonyl (C=O) groups is 2. The van der Waals surface area contributed by atoms with E-state index in [4.69, 9.17) is 4.84 Å². The second kappa shape index (κ2) is 23.6. The summed E-state index contributed by atoms with van der Waals surface area (Å²) in [5.41, 5.74) is 0. The Kier molecular flexibility index (Phi) is 22.7. The van der Waals surface area contributed by atoms with E-state index in [2.05, 4.69) is 12.2 Å². The molecule has 1 amide bonds. The first-order valence-electron chi connectivity index (χ1n) is 13.2. The molecule has 0 aliphatic carbocycles. The van der Waals surface area contributed by atoms with Gasteiger partial charge < -0.3 is 10.2 Å². The highest BCUT2D eigenvalue weighted by Gasteiger charge is 2.04. The SMILES string of the molecule is CCCCCCCCCCCCCCCCCC(=O)NCCCCCC(=O)ON(C)C. The van der Waals surface area contributed by atoms with Crippen LogP contribution in [0.4, 0.5) is 0 Å². The molecule has 0 aliphatic rings. The van der Waals surface area contributed by atoms with Crippen molar-refractivity contribution in [3.05, 3.63) is 0 Å². The lowest BCUT2D eigenvalue weighted by molar-refractivity contribution is -0.178. The Bertz CT molecular complexity index is 413. The van der Waals surface area contributed by atoms with Crippen molar-refractivity contribution in [2.75, 3.05) is 20.6 Å². The van der Waals surface area contributed by atoms with Crippen LogP contribution in [0, 0.1) is 0 Å². The molecule has 0 fully saturated rings. The highest BCUT2D eigenvalue weighted by molar-refractivity contribution is 5.75. The molecule has 0 aliphatic heterocycles. The van der Waals surface area contributed by atoms with Gasteiger partial charge in [-0.1, -0.05) is 103 Å². The number of nitrogens with one attached hydrogen (secondary N) is 1. The molecule has 184 valence electrons. The van der Waals surface area contributed by atoms with Gasteiger partial charge in [0.25, 0.3) is 0 Å². The summed E-state index contributed by atoms with van der Waals surface area (Å²) in [6.07, 6.45) is 23.9. The number of hydrogen-bond donors (Lipinski definition) is 1. The summed E-state index contributed by atoms with van der Waals surface area (Å²) in [5.74, 6) is -0.0242. The third-order valence-electron chi connectivity index (χ3n) is 5.67. The first-order chi connectivity index (χ1) is 15.1. The minimum atomic E-state index is -0.192. The van der Waals surface area contributed by atoms with Crippen LogP contribution in [-0.4, -0.2) is 37.6 Å². The molecule has 5 heteroatoms. The van der Waals surface area contributed by atoms with E-state index >= 15 is 0 Å². The summed E-state index contributed by atoms with van der Waals surface area (Å²) < 4.78 is 0. The van der Waals surface area contributed by atoms with Crippen molar-refractivity contribution in [2.24, 2.45) is 0 Å². The van der Waals surface area contributed by atoms with Gasteiger partial charge in [-0.3, -0.25) is 9.59 Å². The average molecular weight is 441 g/mol. The van der Waals surface area contributed by atoms with E-state index in [0.29, 0.717) is 19.4 Å². The topological polar surface area (TPSA) is 58.6 Å². The molecule has 0 radical (unpaired) electrons. The molecular formula is C26H52N2O3. The van der Waals surface area contributed by atoms with E-state index in [1.165, 1.54) is 95.0 Å². The summed E-state index contributed by atoms with van der Waals surface area (Å²) in [4.78, 5) is 28.2. The van der Waals surface area contributed by atoms with Crippen LogP contribution in [0.3, 0.4) is 0 Å². The van der Waals surface area contributed by atoms with Crippen LogP contribution in [0.15, 0.2) is 0 Å². The van der Waals surface area contributed by atoms with Crippen molar-refractivity contribution in [3.8, 4) is 0 Å². The number of hydrogen-bond acceptors (Lipinski definition) is 4. The van der Waals surface area contributed by atoms with Gasteiger partial charge in [0.05, 0.1) is 0 Å². The molecule has 0 heterocycles. The lowest BCUT2D eigenvalue weighted by Gasteiger charge is -2.09. The molecule has 0 spiro atoms. The number of carbonyl (C=O) groups excluding carboxylic acids is 2.